The van der Waals surface area contributed by atoms with E-state index in [1.165, 1.54) is 225 Å². The molecule has 0 aliphatic rings. The first-order valence-electron chi connectivity index (χ1n) is 34.5. The third kappa shape index (κ3) is 71.4. The quantitative estimate of drug-likeness (QED) is 0.0160. The fourth-order valence-corrected chi connectivity index (χ4v) is 6.84. The summed E-state index contributed by atoms with van der Waals surface area (Å²) in [5, 5.41) is 181. The van der Waals surface area contributed by atoms with Crippen molar-refractivity contribution in [1.29, 1.82) is 0 Å². The van der Waals surface area contributed by atoms with Crippen molar-refractivity contribution in [2.75, 3.05) is 137 Å². The Hall–Kier alpha value is -10.4. The van der Waals surface area contributed by atoms with Crippen molar-refractivity contribution in [2.24, 2.45) is 39.9 Å². The van der Waals surface area contributed by atoms with Crippen LogP contribution in [0.15, 0.2) is 186 Å². The number of carbonyl (C=O) groups is 6. The van der Waals surface area contributed by atoms with Gasteiger partial charge in [-0.1, -0.05) is 146 Å². The normalized spacial score (nSPS) is 9.32. The molecule has 0 bridgehead atoms. The van der Waals surface area contributed by atoms with Crippen molar-refractivity contribution in [3.05, 3.63) is 190 Å². The van der Waals surface area contributed by atoms with Gasteiger partial charge in [0.2, 0.25) is 38.5 Å². The summed E-state index contributed by atoms with van der Waals surface area (Å²) < 4.78 is 0. The molecule has 0 heterocycles. The fourth-order valence-electron chi connectivity index (χ4n) is 6.84. The SMILES string of the molecule is CN(C)C=O.CN(C)C=O.CN(C)C=O.CN(C)C=O.CN(C)C=O.CN(C)C=O.[O-]c1cccc(C=NCCN=Cc2cccc([O-])c2[O-])c1[O-].[O-]c1cccc(C=NCCN=Cc2cccc([O-])c2[O-])c1[O-].[O-]c1cccc(C=NCCN=Cc2cccc([O-])c2[O-])c1[O-].[O-]c1cccc(C=NCCN=Cc2cccc([O-])c2[O-])c1[O-].[OH3+].[OH3+].[OH3+].[OH3+].[Zn+2].[Zn+2].[Zn+2].[Zn+2].[Zn+2].[Zn+2].[Zn+2].[Zn+2]. The summed E-state index contributed by atoms with van der Waals surface area (Å²) in [6, 6.07) is 33.7. The minimum atomic E-state index is -0.585. The van der Waals surface area contributed by atoms with E-state index < -0.39 is 92.0 Å². The molecule has 0 aliphatic carbocycles. The molecule has 0 spiro atoms. The van der Waals surface area contributed by atoms with Gasteiger partial charge in [-0.15, -0.1) is 92.0 Å². The predicted molar refractivity (Wildman–Crippen MR) is 440 cm³/mol. The van der Waals surface area contributed by atoms with E-state index in [1.807, 2.05) is 0 Å². The summed E-state index contributed by atoms with van der Waals surface area (Å²) in [6.07, 6.45) is 15.1. The molecule has 12 N–H and O–H groups in total. The van der Waals surface area contributed by atoms with Gasteiger partial charge in [0, 0.05) is 134 Å². The number of rotatable bonds is 26. The van der Waals surface area contributed by atoms with E-state index in [1.54, 1.807) is 84.6 Å². The average molecular weight is 2220 g/mol. The Morgan fingerprint density at radius 2 is 0.262 bits per heavy atom. The van der Waals surface area contributed by atoms with Crippen LogP contribution in [0.2, 0.25) is 0 Å². The number of benzene rings is 8. The van der Waals surface area contributed by atoms with Gasteiger partial charge in [-0.3, -0.25) is 68.7 Å². The molecule has 0 atom stereocenters. The van der Waals surface area contributed by atoms with Gasteiger partial charge in [0.05, 0.1) is 52.4 Å². The molecular formula is C82H102N14O26Zn8+4. The Bertz CT molecular complexity index is 3750. The molecule has 0 fully saturated rings. The average Bonchev–Trinajstić information content (AvgIpc) is 0.926. The van der Waals surface area contributed by atoms with Crippen molar-refractivity contribution >= 4 is 88.2 Å². The van der Waals surface area contributed by atoms with Crippen LogP contribution in [0.1, 0.15) is 44.5 Å². The van der Waals surface area contributed by atoms with Crippen molar-refractivity contribution in [1.82, 2.24) is 29.4 Å². The van der Waals surface area contributed by atoms with Gasteiger partial charge in [0.15, 0.2) is 0 Å². The monoisotopic (exact) mass is 2210 g/mol. The van der Waals surface area contributed by atoms with Crippen LogP contribution in [0.25, 0.3) is 0 Å². The van der Waals surface area contributed by atoms with E-state index in [0.29, 0.717) is 52.4 Å². The molecular weight excluding hydrogens is 2120 g/mol. The maximum Gasteiger partial charge on any atom is 2.00 e. The topological polar surface area (TPSA) is 722 Å². The molecule has 0 unspecified atom stereocenters. The number of hydrogen-bond acceptors (Lipinski definition) is 30. The minimum absolute atomic E-state index is 0. The zero-order valence-electron chi connectivity index (χ0n) is 74.8. The van der Waals surface area contributed by atoms with Crippen LogP contribution in [0, 0.1) is 0 Å². The molecule has 8 rings (SSSR count). The Morgan fingerprint density at radius 1 is 0.185 bits per heavy atom. The first-order valence-corrected chi connectivity index (χ1v) is 34.5. The van der Waals surface area contributed by atoms with Gasteiger partial charge >= 0.3 is 156 Å². The predicted octanol–water partition coefficient (Wildman–Crippen LogP) is -7.41. The Labute approximate surface area is 857 Å². The maximum atomic E-state index is 11.4. The van der Waals surface area contributed by atoms with Crippen LogP contribution in [-0.2, 0) is 206 Å². The Kier molecular flexibility index (Phi) is 107. The summed E-state index contributed by atoms with van der Waals surface area (Å²) in [7, 11) is 20.2. The number of aliphatic imine (C=N–C) groups is 8. The van der Waals surface area contributed by atoms with E-state index in [9.17, 15) is 110 Å². The number of carbonyl (C=O) groups excluding carboxylic acids is 6. The molecule has 0 saturated carbocycles. The zero-order chi connectivity index (χ0) is 89.5. The fraction of sp³-hybridized carbons (Fsp3) is 0.244. The van der Waals surface area contributed by atoms with Crippen LogP contribution in [0.3, 0.4) is 0 Å². The summed E-state index contributed by atoms with van der Waals surface area (Å²) >= 11 is 0. The number of hydrogen-bond donors (Lipinski definition) is 0. The smallest absolute Gasteiger partial charge is 0.873 e. The standard InChI is InChI=1S/4C16H16N2O4.6C3H7NO.4H2O.8Zn/c4*19-13-5-1-3-11(15(13)21)9-17-7-8-18-10-12-4-2-6-14(20)16(12)22;6*1-4(2)3-5;;;;;;;;;;;;/h4*1-6,9-10,19-22H,7-8H2;6*3H,1-2H3;4*1H2;;;;;;;;/q;;;;;;;;;;;;;;8*+2/p-12. The van der Waals surface area contributed by atoms with Gasteiger partial charge in [-0.25, -0.2) is 0 Å². The van der Waals surface area contributed by atoms with Gasteiger partial charge in [-0.05, 0) is 44.5 Å². The van der Waals surface area contributed by atoms with E-state index in [4.69, 9.17) is 0 Å². The third-order valence-corrected chi connectivity index (χ3v) is 12.6. The Morgan fingerprint density at radius 3 is 0.331 bits per heavy atom. The van der Waals surface area contributed by atoms with Gasteiger partial charge in [0.1, 0.15) is 0 Å². The molecule has 48 heteroatoms. The van der Waals surface area contributed by atoms with E-state index in [-0.39, 0.29) is 222 Å². The molecule has 0 aliphatic heterocycles. The molecule has 668 valence electrons. The van der Waals surface area contributed by atoms with Crippen LogP contribution in [0.4, 0.5) is 0 Å². The second-order valence-corrected chi connectivity index (χ2v) is 24.1. The molecule has 8 aromatic carbocycles. The van der Waals surface area contributed by atoms with E-state index in [0.717, 1.165) is 38.5 Å². The summed E-state index contributed by atoms with van der Waals surface area (Å²) in [4.78, 5) is 97.2. The van der Waals surface area contributed by atoms with Crippen molar-refractivity contribution in [2.45, 2.75) is 0 Å². The second-order valence-electron chi connectivity index (χ2n) is 24.1. The summed E-state index contributed by atoms with van der Waals surface area (Å²) in [5.41, 5.74) is 1.87. The third-order valence-electron chi connectivity index (χ3n) is 12.6. The number of amides is 6. The second kappa shape index (κ2) is 91.9. The Balaban J connectivity index is -0.000000101. The van der Waals surface area contributed by atoms with Crippen LogP contribution >= 0.6 is 0 Å². The van der Waals surface area contributed by atoms with Crippen LogP contribution in [-0.4, -0.2) is 255 Å². The van der Waals surface area contributed by atoms with Crippen LogP contribution in [0.5, 0.6) is 92.0 Å². The molecule has 6 amide bonds. The summed E-state index contributed by atoms with van der Waals surface area (Å²) in [5.74, 6) is -9.22. The number of para-hydroxylation sites is 8. The van der Waals surface area contributed by atoms with Crippen molar-refractivity contribution in [3.63, 3.8) is 0 Å². The van der Waals surface area contributed by atoms with Gasteiger partial charge in [-0.2, -0.15) is 0 Å². The zero-order valence-corrected chi connectivity index (χ0v) is 98.5. The molecule has 40 nitrogen and oxygen atoms in total. The molecule has 0 saturated heterocycles. The number of nitrogens with zero attached hydrogens (tertiary/aromatic N) is 14. The maximum absolute atomic E-state index is 11.4. The van der Waals surface area contributed by atoms with Crippen molar-refractivity contribution < 1.29 is 288 Å². The molecule has 8 aromatic rings. The van der Waals surface area contributed by atoms with E-state index >= 15 is 0 Å². The van der Waals surface area contributed by atoms with Crippen molar-refractivity contribution in [3.8, 4) is 92.0 Å². The molecule has 0 radical (unpaired) electrons. The minimum Gasteiger partial charge on any atom is -0.873 e. The molecule has 130 heavy (non-hydrogen) atoms. The van der Waals surface area contributed by atoms with E-state index in [2.05, 4.69) is 39.9 Å². The first kappa shape index (κ1) is 151. The van der Waals surface area contributed by atoms with Crippen LogP contribution < -0.4 is 81.7 Å². The van der Waals surface area contributed by atoms with Gasteiger partial charge < -0.3 is 133 Å². The largest absolute Gasteiger partial charge is 2.00 e. The molecule has 0 aromatic heterocycles. The summed E-state index contributed by atoms with van der Waals surface area (Å²) in [6.45, 7) is 2.37. The van der Waals surface area contributed by atoms with Gasteiger partial charge in [0.25, 0.3) is 0 Å². The first-order chi connectivity index (χ1) is 56.0.